The summed E-state index contributed by atoms with van der Waals surface area (Å²) in [5.41, 5.74) is 0.439. The molecule has 0 saturated carbocycles. The quantitative estimate of drug-likeness (QED) is 0.619. The molecular formula is C19H23FN2O5S. The van der Waals surface area contributed by atoms with E-state index in [1.54, 1.807) is 25.1 Å². The second-order valence-electron chi connectivity index (χ2n) is 5.97. The van der Waals surface area contributed by atoms with Gasteiger partial charge in [0.05, 0.1) is 19.8 Å². The number of sulfonamides is 1. The number of amides is 1. The maximum atomic E-state index is 13.9. The average molecular weight is 410 g/mol. The minimum absolute atomic E-state index is 0.0722. The predicted molar refractivity (Wildman–Crippen MR) is 102 cm³/mol. The Morgan fingerprint density at radius 3 is 2.54 bits per heavy atom. The molecule has 2 aromatic rings. The van der Waals surface area contributed by atoms with Gasteiger partial charge in [0.15, 0.2) is 0 Å². The molecule has 2 N–H and O–H groups in total. The summed E-state index contributed by atoms with van der Waals surface area (Å²) in [6, 6.07) is 9.57. The molecule has 0 saturated heterocycles. The van der Waals surface area contributed by atoms with E-state index in [1.807, 2.05) is 0 Å². The normalized spacial score (nSPS) is 12.4. The highest BCUT2D eigenvalue weighted by atomic mass is 32.2. The molecule has 0 aliphatic heterocycles. The molecule has 2 rings (SSSR count). The van der Waals surface area contributed by atoms with Crippen LogP contribution in [0.1, 0.15) is 28.9 Å². The molecule has 1 atom stereocenters. The molecule has 1 unspecified atom stereocenters. The van der Waals surface area contributed by atoms with E-state index in [0.717, 1.165) is 0 Å². The first-order valence-electron chi connectivity index (χ1n) is 8.52. The van der Waals surface area contributed by atoms with E-state index >= 15 is 0 Å². The minimum atomic E-state index is -3.91. The first kappa shape index (κ1) is 21.8. The number of carbonyl (C=O) groups excluding carboxylic acids is 1. The fraction of sp³-hybridized carbons (Fsp3) is 0.316. The number of halogens is 1. The van der Waals surface area contributed by atoms with Crippen molar-refractivity contribution in [2.75, 3.05) is 27.4 Å². The van der Waals surface area contributed by atoms with Gasteiger partial charge in [0.2, 0.25) is 10.0 Å². The van der Waals surface area contributed by atoms with Crippen LogP contribution in [0.2, 0.25) is 0 Å². The highest BCUT2D eigenvalue weighted by molar-refractivity contribution is 7.89. The van der Waals surface area contributed by atoms with Crippen molar-refractivity contribution < 1.29 is 27.1 Å². The van der Waals surface area contributed by atoms with Crippen molar-refractivity contribution in [2.45, 2.75) is 17.9 Å². The number of nitrogens with one attached hydrogen (secondary N) is 2. The van der Waals surface area contributed by atoms with Crippen LogP contribution in [0.5, 0.6) is 5.75 Å². The number of ether oxygens (including phenoxy) is 2. The molecule has 0 bridgehead atoms. The van der Waals surface area contributed by atoms with E-state index in [1.165, 1.54) is 38.5 Å². The van der Waals surface area contributed by atoms with Gasteiger partial charge in [-0.25, -0.2) is 17.5 Å². The molecule has 0 heterocycles. The lowest BCUT2D eigenvalue weighted by molar-refractivity contribution is 0.0939. The number of methoxy groups -OCH3 is 2. The molecule has 1 amide bonds. The Labute approximate surface area is 163 Å². The molecule has 0 aromatic heterocycles. The molecule has 0 spiro atoms. The Morgan fingerprint density at radius 2 is 1.89 bits per heavy atom. The fourth-order valence-corrected chi connectivity index (χ4v) is 3.77. The van der Waals surface area contributed by atoms with Crippen LogP contribution < -0.4 is 14.8 Å². The van der Waals surface area contributed by atoms with E-state index in [2.05, 4.69) is 10.0 Å². The van der Waals surface area contributed by atoms with Gasteiger partial charge in [-0.3, -0.25) is 4.79 Å². The Morgan fingerprint density at radius 1 is 1.18 bits per heavy atom. The van der Waals surface area contributed by atoms with Crippen molar-refractivity contribution >= 4 is 15.9 Å². The highest BCUT2D eigenvalue weighted by Gasteiger charge is 2.22. The third-order valence-corrected chi connectivity index (χ3v) is 5.52. The molecule has 0 aliphatic rings. The molecule has 7 nitrogen and oxygen atoms in total. The number of carbonyl (C=O) groups is 1. The number of hydrogen-bond donors (Lipinski definition) is 2. The molecule has 9 heteroatoms. The number of benzene rings is 2. The second-order valence-corrected chi connectivity index (χ2v) is 7.71. The van der Waals surface area contributed by atoms with E-state index in [-0.39, 0.29) is 29.4 Å². The van der Waals surface area contributed by atoms with Crippen LogP contribution in [0.3, 0.4) is 0 Å². The van der Waals surface area contributed by atoms with Gasteiger partial charge in [0.1, 0.15) is 16.5 Å². The summed E-state index contributed by atoms with van der Waals surface area (Å²) in [6.07, 6.45) is 0. The van der Waals surface area contributed by atoms with Crippen molar-refractivity contribution in [1.29, 1.82) is 0 Å². The monoisotopic (exact) mass is 410 g/mol. The van der Waals surface area contributed by atoms with Gasteiger partial charge < -0.3 is 14.8 Å². The average Bonchev–Trinajstić information content (AvgIpc) is 2.67. The third kappa shape index (κ3) is 5.28. The van der Waals surface area contributed by atoms with Gasteiger partial charge in [-0.1, -0.05) is 18.2 Å². The zero-order chi connectivity index (χ0) is 20.7. The lowest BCUT2D eigenvalue weighted by Crippen LogP contribution is -2.29. The molecule has 0 aliphatic carbocycles. The first-order chi connectivity index (χ1) is 13.3. The van der Waals surface area contributed by atoms with Crippen LogP contribution in [0.15, 0.2) is 47.4 Å². The van der Waals surface area contributed by atoms with E-state index in [0.29, 0.717) is 5.56 Å². The molecule has 28 heavy (non-hydrogen) atoms. The van der Waals surface area contributed by atoms with Crippen molar-refractivity contribution in [3.8, 4) is 5.75 Å². The molecular weight excluding hydrogens is 387 g/mol. The maximum Gasteiger partial charge on any atom is 0.251 e. The second kappa shape index (κ2) is 9.63. The van der Waals surface area contributed by atoms with Crippen molar-refractivity contribution in [3.63, 3.8) is 0 Å². The third-order valence-electron chi connectivity index (χ3n) is 4.03. The van der Waals surface area contributed by atoms with Gasteiger partial charge in [0.25, 0.3) is 5.91 Å². The Hall–Kier alpha value is -2.49. The van der Waals surface area contributed by atoms with Crippen molar-refractivity contribution in [1.82, 2.24) is 10.0 Å². The summed E-state index contributed by atoms with van der Waals surface area (Å²) in [7, 11) is -1.12. The Balaban J connectivity index is 2.26. The van der Waals surface area contributed by atoms with Crippen LogP contribution in [0.4, 0.5) is 4.39 Å². The molecule has 152 valence electrons. The van der Waals surface area contributed by atoms with E-state index in [9.17, 15) is 17.6 Å². The summed E-state index contributed by atoms with van der Waals surface area (Å²) in [5, 5.41) is 2.67. The smallest absolute Gasteiger partial charge is 0.251 e. The SMILES string of the molecule is COCCNS(=O)(=O)c1cc(C(=O)NC(C)c2ccccc2F)ccc1OC. The Kier molecular flexibility index (Phi) is 7.50. The van der Waals surface area contributed by atoms with Crippen molar-refractivity contribution in [3.05, 3.63) is 59.4 Å². The van der Waals surface area contributed by atoms with Gasteiger partial charge in [-0.15, -0.1) is 0 Å². The van der Waals surface area contributed by atoms with E-state index in [4.69, 9.17) is 9.47 Å². The first-order valence-corrected chi connectivity index (χ1v) is 10.0. The summed E-state index contributed by atoms with van der Waals surface area (Å²) in [4.78, 5) is 12.4. The lowest BCUT2D eigenvalue weighted by atomic mass is 10.1. The van der Waals surface area contributed by atoms with Gasteiger partial charge in [-0.2, -0.15) is 0 Å². The van der Waals surface area contributed by atoms with Crippen LogP contribution in [0.25, 0.3) is 0 Å². The number of hydrogen-bond acceptors (Lipinski definition) is 5. The summed E-state index contributed by atoms with van der Waals surface area (Å²) >= 11 is 0. The van der Waals surface area contributed by atoms with Crippen LogP contribution >= 0.6 is 0 Å². The summed E-state index contributed by atoms with van der Waals surface area (Å²) < 4.78 is 51.3. The van der Waals surface area contributed by atoms with Gasteiger partial charge in [0, 0.05) is 24.8 Å². The largest absolute Gasteiger partial charge is 0.495 e. The standard InChI is InChI=1S/C19H23FN2O5S/c1-13(15-6-4-5-7-16(15)20)22-19(23)14-8-9-17(27-3)18(12-14)28(24,25)21-10-11-26-2/h4-9,12-13,21H,10-11H2,1-3H3,(H,22,23). The van der Waals surface area contributed by atoms with Crippen LogP contribution in [-0.2, 0) is 14.8 Å². The number of rotatable bonds is 9. The molecule has 0 radical (unpaired) electrons. The predicted octanol–water partition coefficient (Wildman–Crippen LogP) is 2.25. The Bertz CT molecular complexity index is 934. The maximum absolute atomic E-state index is 13.9. The molecule has 2 aromatic carbocycles. The topological polar surface area (TPSA) is 93.7 Å². The van der Waals surface area contributed by atoms with Crippen molar-refractivity contribution in [2.24, 2.45) is 0 Å². The zero-order valence-corrected chi connectivity index (χ0v) is 16.7. The minimum Gasteiger partial charge on any atom is -0.495 e. The van der Waals surface area contributed by atoms with Crippen LogP contribution in [-0.4, -0.2) is 41.7 Å². The van der Waals surface area contributed by atoms with E-state index < -0.39 is 27.8 Å². The highest BCUT2D eigenvalue weighted by Crippen LogP contribution is 2.25. The fourth-order valence-electron chi connectivity index (χ4n) is 2.57. The summed E-state index contributed by atoms with van der Waals surface area (Å²) in [6.45, 7) is 1.91. The summed E-state index contributed by atoms with van der Waals surface area (Å²) in [5.74, 6) is -0.869. The zero-order valence-electron chi connectivity index (χ0n) is 15.9. The van der Waals surface area contributed by atoms with Gasteiger partial charge >= 0.3 is 0 Å². The van der Waals surface area contributed by atoms with Crippen LogP contribution in [0, 0.1) is 5.82 Å². The molecule has 0 fully saturated rings. The lowest BCUT2D eigenvalue weighted by Gasteiger charge is -2.16. The van der Waals surface area contributed by atoms with Gasteiger partial charge in [-0.05, 0) is 31.2 Å².